The van der Waals surface area contributed by atoms with E-state index >= 15 is 0 Å². The van der Waals surface area contributed by atoms with Crippen LogP contribution in [0.1, 0.15) is 46.5 Å². The maximum atomic E-state index is 12.8. The molecule has 5 nitrogen and oxygen atoms in total. The first-order chi connectivity index (χ1) is 13.0. The van der Waals surface area contributed by atoms with E-state index in [1.165, 1.54) is 48.8 Å². The number of nitrogens with one attached hydrogen (secondary N) is 1. The number of thiophene rings is 1. The number of rotatable bonds is 6. The van der Waals surface area contributed by atoms with E-state index in [-0.39, 0.29) is 22.8 Å². The minimum atomic E-state index is -0.285. The summed E-state index contributed by atoms with van der Waals surface area (Å²) in [6, 6.07) is 2.09. The second kappa shape index (κ2) is 7.59. The fourth-order valence-corrected chi connectivity index (χ4v) is 6.62. The maximum absolute atomic E-state index is 12.8. The SMILES string of the molecule is CCn1c(SC(C)C(=O)NC(C)C2CC3CCC2C3)nc2ccsc2c1=O. The molecule has 7 heteroatoms. The van der Waals surface area contributed by atoms with E-state index in [4.69, 9.17) is 0 Å². The van der Waals surface area contributed by atoms with Crippen molar-refractivity contribution >= 4 is 39.2 Å². The molecule has 2 aliphatic carbocycles. The summed E-state index contributed by atoms with van der Waals surface area (Å²) in [5.41, 5.74) is 0.711. The fourth-order valence-electron chi connectivity index (χ4n) is 4.86. The molecule has 5 unspecified atom stereocenters. The van der Waals surface area contributed by atoms with Gasteiger partial charge < -0.3 is 5.32 Å². The van der Waals surface area contributed by atoms with Gasteiger partial charge >= 0.3 is 0 Å². The Balaban J connectivity index is 1.45. The predicted molar refractivity (Wildman–Crippen MR) is 111 cm³/mol. The number of hydrogen-bond acceptors (Lipinski definition) is 5. The molecule has 2 bridgehead atoms. The average Bonchev–Trinajstić information content (AvgIpc) is 3.38. The Morgan fingerprint density at radius 3 is 2.89 bits per heavy atom. The van der Waals surface area contributed by atoms with Gasteiger partial charge in [0.05, 0.1) is 10.8 Å². The molecular weight excluding hydrogens is 378 g/mol. The zero-order chi connectivity index (χ0) is 19.1. The van der Waals surface area contributed by atoms with Crippen LogP contribution in [0, 0.1) is 17.8 Å². The summed E-state index contributed by atoms with van der Waals surface area (Å²) in [6.45, 7) is 6.54. The van der Waals surface area contributed by atoms with Crippen LogP contribution in [0.5, 0.6) is 0 Å². The maximum Gasteiger partial charge on any atom is 0.272 e. The molecule has 0 spiro atoms. The Morgan fingerprint density at radius 2 is 2.22 bits per heavy atom. The van der Waals surface area contributed by atoms with Gasteiger partial charge in [0.1, 0.15) is 4.70 Å². The molecule has 5 atom stereocenters. The first-order valence-electron chi connectivity index (χ1n) is 9.93. The third-order valence-corrected chi connectivity index (χ3v) is 8.29. The molecule has 2 aromatic heterocycles. The Labute approximate surface area is 167 Å². The van der Waals surface area contributed by atoms with Gasteiger partial charge in [0.25, 0.3) is 5.56 Å². The lowest BCUT2D eigenvalue weighted by Crippen LogP contribution is -2.43. The standard InChI is InChI=1S/C20H27N3O2S2/c1-4-23-19(25)17-16(7-8-26-17)22-20(23)27-12(3)18(24)21-11(2)15-10-13-5-6-14(15)9-13/h7-8,11-15H,4-6,9-10H2,1-3H3,(H,21,24). The molecule has 1 amide bonds. The summed E-state index contributed by atoms with van der Waals surface area (Å²) < 4.78 is 2.36. The minimum Gasteiger partial charge on any atom is -0.352 e. The van der Waals surface area contributed by atoms with Crippen molar-refractivity contribution in [2.75, 3.05) is 0 Å². The van der Waals surface area contributed by atoms with Crippen molar-refractivity contribution in [3.63, 3.8) is 0 Å². The Morgan fingerprint density at radius 1 is 1.41 bits per heavy atom. The predicted octanol–water partition coefficient (Wildman–Crippen LogP) is 3.90. The quantitative estimate of drug-likeness (QED) is 0.585. The summed E-state index contributed by atoms with van der Waals surface area (Å²) in [4.78, 5) is 30.0. The lowest BCUT2D eigenvalue weighted by molar-refractivity contribution is -0.121. The fraction of sp³-hybridized carbons (Fsp3) is 0.650. The molecule has 2 saturated carbocycles. The van der Waals surface area contributed by atoms with Gasteiger partial charge in [-0.05, 0) is 69.2 Å². The number of amides is 1. The average molecular weight is 406 g/mol. The lowest BCUT2D eigenvalue weighted by Gasteiger charge is -2.29. The van der Waals surface area contributed by atoms with Crippen molar-refractivity contribution in [1.29, 1.82) is 0 Å². The van der Waals surface area contributed by atoms with Gasteiger partial charge in [0, 0.05) is 12.6 Å². The van der Waals surface area contributed by atoms with Crippen molar-refractivity contribution in [3.8, 4) is 0 Å². The monoisotopic (exact) mass is 405 g/mol. The Kier molecular flexibility index (Phi) is 5.34. The number of thioether (sulfide) groups is 1. The summed E-state index contributed by atoms with van der Waals surface area (Å²) in [6.07, 6.45) is 5.31. The number of carbonyl (C=O) groups excluding carboxylic acids is 1. The van der Waals surface area contributed by atoms with Gasteiger partial charge in [-0.25, -0.2) is 4.98 Å². The Hall–Kier alpha value is -1.34. The highest BCUT2D eigenvalue weighted by Crippen LogP contribution is 2.49. The van der Waals surface area contributed by atoms with E-state index in [1.54, 1.807) is 4.57 Å². The van der Waals surface area contributed by atoms with Crippen LogP contribution in [0.4, 0.5) is 0 Å². The van der Waals surface area contributed by atoms with Crippen LogP contribution >= 0.6 is 23.1 Å². The first-order valence-corrected chi connectivity index (χ1v) is 11.7. The molecule has 0 saturated heterocycles. The second-order valence-electron chi connectivity index (χ2n) is 7.97. The Bertz CT molecular complexity index is 906. The normalized spacial score (nSPS) is 26.4. The van der Waals surface area contributed by atoms with E-state index < -0.39 is 0 Å². The zero-order valence-corrected chi connectivity index (χ0v) is 17.7. The molecule has 2 aromatic rings. The number of nitrogens with zero attached hydrogens (tertiary/aromatic N) is 2. The van der Waals surface area contributed by atoms with Crippen LogP contribution < -0.4 is 10.9 Å². The van der Waals surface area contributed by atoms with Crippen molar-refractivity contribution in [1.82, 2.24) is 14.9 Å². The largest absolute Gasteiger partial charge is 0.352 e. The molecule has 4 rings (SSSR count). The van der Waals surface area contributed by atoms with E-state index in [0.717, 1.165) is 17.4 Å². The van der Waals surface area contributed by atoms with Crippen molar-refractivity contribution in [2.45, 2.75) is 69.4 Å². The van der Waals surface area contributed by atoms with E-state index in [2.05, 4.69) is 17.2 Å². The number of fused-ring (bicyclic) bond motifs is 3. The van der Waals surface area contributed by atoms with Gasteiger partial charge in [-0.15, -0.1) is 11.3 Å². The highest BCUT2D eigenvalue weighted by molar-refractivity contribution is 8.00. The highest BCUT2D eigenvalue weighted by Gasteiger charge is 2.42. The van der Waals surface area contributed by atoms with Crippen LogP contribution in [0.3, 0.4) is 0 Å². The molecule has 27 heavy (non-hydrogen) atoms. The lowest BCUT2D eigenvalue weighted by atomic mass is 9.84. The van der Waals surface area contributed by atoms with Crippen LogP contribution in [0.2, 0.25) is 0 Å². The van der Waals surface area contributed by atoms with Gasteiger partial charge in [-0.2, -0.15) is 0 Å². The summed E-state index contributed by atoms with van der Waals surface area (Å²) in [5.74, 6) is 2.34. The van der Waals surface area contributed by atoms with Gasteiger partial charge in [0.2, 0.25) is 5.91 Å². The molecule has 2 fully saturated rings. The molecule has 146 valence electrons. The molecule has 2 heterocycles. The van der Waals surface area contributed by atoms with Crippen LogP contribution in [0.15, 0.2) is 21.4 Å². The first kappa shape index (κ1) is 19.0. The summed E-state index contributed by atoms with van der Waals surface area (Å²) in [7, 11) is 0. The van der Waals surface area contributed by atoms with Crippen molar-refractivity contribution < 1.29 is 4.79 Å². The second-order valence-corrected chi connectivity index (χ2v) is 10.2. The van der Waals surface area contributed by atoms with E-state index in [0.29, 0.717) is 22.3 Å². The number of hydrogen-bond donors (Lipinski definition) is 1. The summed E-state index contributed by atoms with van der Waals surface area (Å²) >= 11 is 2.80. The number of aromatic nitrogens is 2. The minimum absolute atomic E-state index is 0.0112. The third-order valence-electron chi connectivity index (χ3n) is 6.30. The molecular formula is C20H27N3O2S2. The van der Waals surface area contributed by atoms with Crippen LogP contribution in [-0.2, 0) is 11.3 Å². The molecule has 0 aromatic carbocycles. The van der Waals surface area contributed by atoms with Gasteiger partial charge in [0.15, 0.2) is 5.16 Å². The molecule has 0 aliphatic heterocycles. The van der Waals surface area contributed by atoms with E-state index in [1.807, 2.05) is 25.3 Å². The molecule has 2 aliphatic rings. The summed E-state index contributed by atoms with van der Waals surface area (Å²) in [5, 5.41) is 5.47. The van der Waals surface area contributed by atoms with Gasteiger partial charge in [-0.1, -0.05) is 18.2 Å². The number of carbonyl (C=O) groups is 1. The van der Waals surface area contributed by atoms with Crippen molar-refractivity contribution in [3.05, 3.63) is 21.8 Å². The zero-order valence-electron chi connectivity index (χ0n) is 16.1. The molecule has 0 radical (unpaired) electrons. The topological polar surface area (TPSA) is 64.0 Å². The van der Waals surface area contributed by atoms with Crippen LogP contribution in [-0.4, -0.2) is 26.8 Å². The molecule has 1 N–H and O–H groups in total. The smallest absolute Gasteiger partial charge is 0.272 e. The van der Waals surface area contributed by atoms with Crippen molar-refractivity contribution in [2.24, 2.45) is 17.8 Å². The van der Waals surface area contributed by atoms with E-state index in [9.17, 15) is 9.59 Å². The third kappa shape index (κ3) is 3.56. The highest BCUT2D eigenvalue weighted by atomic mass is 32.2. The van der Waals surface area contributed by atoms with Gasteiger partial charge in [-0.3, -0.25) is 14.2 Å². The van der Waals surface area contributed by atoms with Crippen LogP contribution in [0.25, 0.3) is 10.2 Å².